The van der Waals surface area contributed by atoms with E-state index in [4.69, 9.17) is 4.42 Å². The fourth-order valence-electron chi connectivity index (χ4n) is 3.65. The Balaban J connectivity index is 1.89. The first kappa shape index (κ1) is 15.0. The summed E-state index contributed by atoms with van der Waals surface area (Å²) in [5, 5.41) is 2.35. The normalized spacial score (nSPS) is 11.3. The molecule has 0 aliphatic rings. The third-order valence-corrected chi connectivity index (χ3v) is 4.97. The van der Waals surface area contributed by atoms with Crippen LogP contribution in [0.1, 0.15) is 5.56 Å². The number of benzene rings is 4. The van der Waals surface area contributed by atoms with Gasteiger partial charge in [-0.25, -0.2) is 0 Å². The molecule has 5 aromatic rings. The van der Waals surface area contributed by atoms with Crippen LogP contribution in [0.2, 0.25) is 0 Å². The van der Waals surface area contributed by atoms with E-state index in [9.17, 15) is 0 Å². The molecule has 26 heavy (non-hydrogen) atoms. The summed E-state index contributed by atoms with van der Waals surface area (Å²) < 4.78 is 6.33. The van der Waals surface area contributed by atoms with Crippen molar-refractivity contribution in [1.29, 1.82) is 0 Å². The molecule has 1 nitrogen and oxygen atoms in total. The zero-order valence-corrected chi connectivity index (χ0v) is 14.6. The minimum absolute atomic E-state index is 0.930. The lowest BCUT2D eigenvalue weighted by atomic mass is 9.94. The fourth-order valence-corrected chi connectivity index (χ4v) is 3.65. The highest BCUT2D eigenvalue weighted by molar-refractivity contribution is 6.16. The van der Waals surface area contributed by atoms with E-state index in [1.165, 1.54) is 27.6 Å². The molecule has 0 fully saturated rings. The average Bonchev–Trinajstić information content (AvgIpc) is 3.08. The molecule has 1 aromatic heterocycles. The molecule has 0 atom stereocenters. The van der Waals surface area contributed by atoms with Gasteiger partial charge in [0.2, 0.25) is 0 Å². The van der Waals surface area contributed by atoms with Gasteiger partial charge in [0.25, 0.3) is 0 Å². The van der Waals surface area contributed by atoms with E-state index in [2.05, 4.69) is 85.8 Å². The van der Waals surface area contributed by atoms with Crippen LogP contribution in [0.3, 0.4) is 0 Å². The first-order valence-corrected chi connectivity index (χ1v) is 8.88. The van der Waals surface area contributed by atoms with Crippen LogP contribution in [0.5, 0.6) is 0 Å². The summed E-state index contributed by atoms with van der Waals surface area (Å²) in [6.07, 6.45) is 0. The van der Waals surface area contributed by atoms with Gasteiger partial charge in [-0.1, -0.05) is 84.4 Å². The summed E-state index contributed by atoms with van der Waals surface area (Å²) in [5.41, 5.74) is 7.88. The van der Waals surface area contributed by atoms with E-state index >= 15 is 0 Å². The van der Waals surface area contributed by atoms with Gasteiger partial charge < -0.3 is 4.42 Å². The molecule has 0 N–H and O–H groups in total. The van der Waals surface area contributed by atoms with Gasteiger partial charge in [0.15, 0.2) is 0 Å². The molecule has 0 amide bonds. The van der Waals surface area contributed by atoms with Crippen molar-refractivity contribution >= 4 is 21.9 Å². The molecule has 0 spiro atoms. The van der Waals surface area contributed by atoms with E-state index < -0.39 is 0 Å². The lowest BCUT2D eigenvalue weighted by molar-refractivity contribution is 0.670. The average molecular weight is 334 g/mol. The molecule has 0 aliphatic heterocycles. The summed E-state index contributed by atoms with van der Waals surface area (Å²) in [6.45, 7) is 2.11. The lowest BCUT2D eigenvalue weighted by Gasteiger charge is -2.08. The molecule has 0 aliphatic carbocycles. The summed E-state index contributed by atoms with van der Waals surface area (Å²) in [6, 6.07) is 31.8. The highest BCUT2D eigenvalue weighted by Gasteiger charge is 2.16. The van der Waals surface area contributed by atoms with E-state index in [-0.39, 0.29) is 0 Å². The molecule has 0 unspecified atom stereocenters. The second-order valence-corrected chi connectivity index (χ2v) is 6.70. The third kappa shape index (κ3) is 2.33. The maximum absolute atomic E-state index is 6.33. The molecule has 0 bridgehead atoms. The van der Waals surface area contributed by atoms with Crippen LogP contribution in [0.15, 0.2) is 95.4 Å². The van der Waals surface area contributed by atoms with Crippen molar-refractivity contribution < 1.29 is 4.42 Å². The molecule has 1 heterocycles. The van der Waals surface area contributed by atoms with Crippen LogP contribution in [-0.4, -0.2) is 0 Å². The molecule has 5 rings (SSSR count). The van der Waals surface area contributed by atoms with Crippen molar-refractivity contribution in [2.45, 2.75) is 6.92 Å². The van der Waals surface area contributed by atoms with Gasteiger partial charge in [0.05, 0.1) is 0 Å². The van der Waals surface area contributed by atoms with E-state index in [1.807, 2.05) is 12.1 Å². The monoisotopic (exact) mass is 334 g/mol. The van der Waals surface area contributed by atoms with Crippen molar-refractivity contribution in [1.82, 2.24) is 0 Å². The van der Waals surface area contributed by atoms with Crippen LogP contribution in [0.4, 0.5) is 0 Å². The summed E-state index contributed by atoms with van der Waals surface area (Å²) in [5.74, 6) is 0. The van der Waals surface area contributed by atoms with E-state index in [0.717, 1.165) is 22.1 Å². The first-order chi connectivity index (χ1) is 12.8. The van der Waals surface area contributed by atoms with Crippen molar-refractivity contribution in [2.75, 3.05) is 0 Å². The largest absolute Gasteiger partial charge is 0.455 e. The van der Waals surface area contributed by atoms with Gasteiger partial charge in [-0.05, 0) is 35.7 Å². The molecule has 4 aromatic carbocycles. The first-order valence-electron chi connectivity index (χ1n) is 8.88. The predicted molar refractivity (Wildman–Crippen MR) is 109 cm³/mol. The number of hydrogen-bond acceptors (Lipinski definition) is 1. The molecule has 0 saturated heterocycles. The SMILES string of the molecule is Cc1ccc(-c2ccc(-c3ccccc3)c3c2oc2ccccc23)cc1. The van der Waals surface area contributed by atoms with Gasteiger partial charge in [0, 0.05) is 16.3 Å². The molecule has 0 saturated carbocycles. The second-order valence-electron chi connectivity index (χ2n) is 6.70. The number of para-hydroxylation sites is 1. The Morgan fingerprint density at radius 2 is 1.23 bits per heavy atom. The third-order valence-electron chi connectivity index (χ3n) is 4.97. The summed E-state index contributed by atoms with van der Waals surface area (Å²) >= 11 is 0. The van der Waals surface area contributed by atoms with Gasteiger partial charge in [0.1, 0.15) is 11.2 Å². The predicted octanol–water partition coefficient (Wildman–Crippen LogP) is 7.23. The molecular formula is C25H18O. The topological polar surface area (TPSA) is 13.1 Å². The fraction of sp³-hybridized carbons (Fsp3) is 0.0400. The maximum Gasteiger partial charge on any atom is 0.143 e. The van der Waals surface area contributed by atoms with Gasteiger partial charge in [-0.2, -0.15) is 0 Å². The minimum atomic E-state index is 0.930. The van der Waals surface area contributed by atoms with Crippen LogP contribution < -0.4 is 0 Å². The van der Waals surface area contributed by atoms with Crippen LogP contribution >= 0.6 is 0 Å². The zero-order valence-electron chi connectivity index (χ0n) is 14.6. The van der Waals surface area contributed by atoms with Crippen molar-refractivity contribution in [3.63, 3.8) is 0 Å². The number of fused-ring (bicyclic) bond motifs is 3. The van der Waals surface area contributed by atoms with E-state index in [1.54, 1.807) is 0 Å². The number of hydrogen-bond donors (Lipinski definition) is 0. The Morgan fingerprint density at radius 1 is 0.577 bits per heavy atom. The van der Waals surface area contributed by atoms with Crippen molar-refractivity contribution in [2.24, 2.45) is 0 Å². The Morgan fingerprint density at radius 3 is 2.04 bits per heavy atom. The molecule has 124 valence electrons. The minimum Gasteiger partial charge on any atom is -0.455 e. The van der Waals surface area contributed by atoms with Crippen LogP contribution in [-0.2, 0) is 0 Å². The van der Waals surface area contributed by atoms with Gasteiger partial charge >= 0.3 is 0 Å². The van der Waals surface area contributed by atoms with E-state index in [0.29, 0.717) is 0 Å². The Labute approximate surface area is 152 Å². The van der Waals surface area contributed by atoms with Crippen LogP contribution in [0.25, 0.3) is 44.2 Å². The molecular weight excluding hydrogens is 316 g/mol. The zero-order chi connectivity index (χ0) is 17.5. The van der Waals surface area contributed by atoms with Gasteiger partial charge in [-0.15, -0.1) is 0 Å². The highest BCUT2D eigenvalue weighted by atomic mass is 16.3. The highest BCUT2D eigenvalue weighted by Crippen LogP contribution is 2.41. The quantitative estimate of drug-likeness (QED) is 0.332. The summed E-state index contributed by atoms with van der Waals surface area (Å²) in [7, 11) is 0. The van der Waals surface area contributed by atoms with Crippen molar-refractivity contribution in [3.8, 4) is 22.3 Å². The Bertz CT molecular complexity index is 1210. The van der Waals surface area contributed by atoms with Crippen molar-refractivity contribution in [3.05, 3.63) is 96.6 Å². The summed E-state index contributed by atoms with van der Waals surface area (Å²) in [4.78, 5) is 0. The molecule has 1 heteroatoms. The van der Waals surface area contributed by atoms with Crippen LogP contribution in [0, 0.1) is 6.92 Å². The standard InChI is InChI=1S/C25H18O/c1-17-11-13-19(14-12-17)21-16-15-20(18-7-3-2-4-8-18)24-22-9-5-6-10-23(22)26-25(21)24/h2-16H,1H3. The lowest BCUT2D eigenvalue weighted by Crippen LogP contribution is -1.84. The number of aryl methyl sites for hydroxylation is 1. The smallest absolute Gasteiger partial charge is 0.143 e. The second kappa shape index (κ2) is 5.89. The Hall–Kier alpha value is -3.32. The molecule has 0 radical (unpaired) electrons. The maximum atomic E-state index is 6.33. The Kier molecular flexibility index (Phi) is 3.39. The number of furan rings is 1. The van der Waals surface area contributed by atoms with Gasteiger partial charge in [-0.3, -0.25) is 0 Å². The number of rotatable bonds is 2.